The number of carbonyl (C=O) groups excluding carboxylic acids is 3. The minimum atomic E-state index is -0.968. The second-order valence-corrected chi connectivity index (χ2v) is 2.11. The Kier molecular flexibility index (Phi) is 11.7. The summed E-state index contributed by atoms with van der Waals surface area (Å²) in [6, 6.07) is -1.31. The van der Waals surface area contributed by atoms with Crippen LogP contribution >= 0.6 is 0 Å². The van der Waals surface area contributed by atoms with E-state index < -0.39 is 42.9 Å². The molecule has 0 aromatic carbocycles. The maximum Gasteiger partial charge on any atom is 0.330 e. The Labute approximate surface area is 116 Å². The number of ketones is 2. The Balaban J connectivity index is -0.000000312. The predicted octanol–water partition coefficient (Wildman–Crippen LogP) is 0.202. The van der Waals surface area contributed by atoms with Gasteiger partial charge in [0.15, 0.2) is 18.2 Å². The van der Waals surface area contributed by atoms with Crippen molar-refractivity contribution in [1.29, 1.82) is 0 Å². The molecule has 17 heavy (non-hydrogen) atoms. The van der Waals surface area contributed by atoms with Crippen LogP contribution in [0.5, 0.6) is 0 Å². The molecule has 0 aromatic rings. The van der Waals surface area contributed by atoms with Gasteiger partial charge in [0.2, 0.25) is 0 Å². The summed E-state index contributed by atoms with van der Waals surface area (Å²) < 4.78 is 24.2. The van der Waals surface area contributed by atoms with E-state index in [2.05, 4.69) is 24.5 Å². The van der Waals surface area contributed by atoms with Gasteiger partial charge in [-0.25, -0.2) is 4.79 Å². The largest absolute Gasteiger partial charge is 0.454 e. The van der Waals surface area contributed by atoms with Gasteiger partial charge in [0.05, 0.1) is 4.11 Å². The molecule has 0 saturated carbocycles. The molecule has 0 spiro atoms. The Morgan fingerprint density at radius 2 is 1.59 bits per heavy atom. The van der Waals surface area contributed by atoms with Crippen molar-refractivity contribution in [3.05, 3.63) is 37.9 Å². The van der Waals surface area contributed by atoms with E-state index in [0.29, 0.717) is 0 Å². The third kappa shape index (κ3) is 17.2. The summed E-state index contributed by atoms with van der Waals surface area (Å²) >= 11 is 0. The molecule has 0 aliphatic carbocycles. The molecular formula is C11H14O5V. The molecular weight excluding hydrogens is 263 g/mol. The number of hydrogen-bond donors (Lipinski definition) is 1. The molecule has 0 aromatic heterocycles. The summed E-state index contributed by atoms with van der Waals surface area (Å²) in [5.41, 5.74) is 0. The van der Waals surface area contributed by atoms with Crippen LogP contribution in [0.4, 0.5) is 0 Å². The molecule has 1 radical (unpaired) electrons. The molecule has 0 atom stereocenters. The molecule has 0 heterocycles. The van der Waals surface area contributed by atoms with Crippen molar-refractivity contribution < 1.29 is 46.9 Å². The molecule has 0 unspecified atom stereocenters. The fourth-order valence-electron chi connectivity index (χ4n) is 0.289. The summed E-state index contributed by atoms with van der Waals surface area (Å²) in [7, 11) is 0. The summed E-state index contributed by atoms with van der Waals surface area (Å²) in [4.78, 5) is 31.1. The van der Waals surface area contributed by atoms with Crippen molar-refractivity contribution >= 4 is 17.5 Å². The van der Waals surface area contributed by atoms with Gasteiger partial charge < -0.3 is 9.84 Å². The predicted molar refractivity (Wildman–Crippen MR) is 58.6 cm³/mol. The zero-order valence-electron chi connectivity index (χ0n) is 12.1. The maximum atomic E-state index is 10.6. The number of hydrogen-bond acceptors (Lipinski definition) is 5. The quantitative estimate of drug-likeness (QED) is 0.556. The first-order valence-electron chi connectivity index (χ1n) is 5.44. The number of ether oxygens (including phenoxy) is 1. The Bertz CT molecular complexity index is 394. The van der Waals surface area contributed by atoms with Gasteiger partial charge in [-0.2, -0.15) is 0 Å². The van der Waals surface area contributed by atoms with Gasteiger partial charge in [-0.1, -0.05) is 19.7 Å². The molecule has 0 fully saturated rings. The van der Waals surface area contributed by atoms with Crippen LogP contribution in [0.2, 0.25) is 0 Å². The van der Waals surface area contributed by atoms with E-state index in [4.69, 9.17) is 9.22 Å². The van der Waals surface area contributed by atoms with E-state index in [-0.39, 0.29) is 24.6 Å². The minimum Gasteiger partial charge on any atom is -0.454 e. The van der Waals surface area contributed by atoms with Gasteiger partial charge in [0, 0.05) is 24.6 Å². The van der Waals surface area contributed by atoms with Gasteiger partial charge in [-0.15, -0.1) is 0 Å². The molecule has 93 valence electrons. The summed E-state index contributed by atoms with van der Waals surface area (Å²) in [5, 5.41) is 7.97. The number of carbonyl (C=O) groups is 3. The molecule has 0 saturated heterocycles. The van der Waals surface area contributed by atoms with E-state index >= 15 is 0 Å². The third-order valence-corrected chi connectivity index (χ3v) is 1.02. The third-order valence-electron chi connectivity index (χ3n) is 1.02. The fourth-order valence-corrected chi connectivity index (χ4v) is 0.289. The van der Waals surface area contributed by atoms with Gasteiger partial charge in [-0.3, -0.25) is 9.59 Å². The average molecular weight is 283 g/mol. The van der Waals surface area contributed by atoms with Crippen LogP contribution in [0.15, 0.2) is 37.9 Å². The van der Waals surface area contributed by atoms with Crippen LogP contribution in [0.1, 0.15) is 4.11 Å². The fraction of sp³-hybridized carbons (Fsp3) is 0.182. The van der Waals surface area contributed by atoms with E-state index in [0.717, 1.165) is 0 Å². The molecule has 0 bridgehead atoms. The molecule has 1 N–H and O–H groups in total. The number of aliphatic hydroxyl groups excluding tert-OH is 1. The zero-order valence-corrected chi connectivity index (χ0v) is 10.5. The molecule has 0 aliphatic heterocycles. The first-order valence-corrected chi connectivity index (χ1v) is 3.94. The van der Waals surface area contributed by atoms with Crippen LogP contribution < -0.4 is 0 Å². The number of esters is 1. The first-order chi connectivity index (χ1) is 8.63. The summed E-state index contributed by atoms with van der Waals surface area (Å²) in [5.74, 6) is -2.28. The van der Waals surface area contributed by atoms with Crippen LogP contribution in [-0.4, -0.2) is 35.9 Å². The number of aliphatic hydroxyl groups is 1. The van der Waals surface area contributed by atoms with Crippen molar-refractivity contribution in [2.24, 2.45) is 0 Å². The Hall–Kier alpha value is -1.43. The molecule has 0 amide bonds. The normalized spacial score (nSPS) is 9.82. The van der Waals surface area contributed by atoms with Gasteiger partial charge in [0.25, 0.3) is 0 Å². The van der Waals surface area contributed by atoms with Gasteiger partial charge in [0.1, 0.15) is 6.61 Å². The molecule has 0 aliphatic rings. The monoisotopic (exact) mass is 283 g/mol. The van der Waals surface area contributed by atoms with E-state index in [9.17, 15) is 14.4 Å². The first kappa shape index (κ1) is 13.6. The van der Waals surface area contributed by atoms with Gasteiger partial charge in [-0.05, 0) is 12.1 Å². The average Bonchev–Trinajstić information content (AvgIpc) is 2.34. The van der Waals surface area contributed by atoms with Crippen molar-refractivity contribution in [3.63, 3.8) is 0 Å². The Morgan fingerprint density at radius 1 is 1.12 bits per heavy atom. The Morgan fingerprint density at radius 3 is 1.82 bits per heavy atom. The van der Waals surface area contributed by atoms with Crippen molar-refractivity contribution in [2.45, 2.75) is 0 Å². The topological polar surface area (TPSA) is 80.7 Å². The molecule has 0 rings (SSSR count). The van der Waals surface area contributed by atoms with E-state index in [1.165, 1.54) is 0 Å². The van der Waals surface area contributed by atoms with Gasteiger partial charge >= 0.3 is 5.97 Å². The summed E-state index contributed by atoms with van der Waals surface area (Å²) in [6.45, 7) is 7.84. The van der Waals surface area contributed by atoms with Crippen LogP contribution in [0.3, 0.4) is 0 Å². The van der Waals surface area contributed by atoms with Crippen molar-refractivity contribution in [2.75, 3.05) is 13.2 Å². The second kappa shape index (κ2) is 14.6. The molecule has 5 nitrogen and oxygen atoms in total. The van der Waals surface area contributed by atoms with E-state index in [1.807, 2.05) is 0 Å². The van der Waals surface area contributed by atoms with Crippen molar-refractivity contribution in [3.8, 4) is 0 Å². The summed E-state index contributed by atoms with van der Waals surface area (Å²) in [6.07, 6.45) is 0. The second-order valence-electron chi connectivity index (χ2n) is 2.11. The number of rotatable bonds is 6. The SMILES string of the molecule is [3H]C(=C)C(=O)CO.[3H]C(=C)C(=O)COC(=O)C([3H])=C.[V]. The smallest absolute Gasteiger partial charge is 0.330 e. The van der Waals surface area contributed by atoms with Crippen molar-refractivity contribution in [1.82, 2.24) is 0 Å². The minimum absolute atomic E-state index is 0. The maximum absolute atomic E-state index is 10.6. The van der Waals surface area contributed by atoms with Crippen LogP contribution in [-0.2, 0) is 37.7 Å². The van der Waals surface area contributed by atoms with E-state index in [1.54, 1.807) is 0 Å². The zero-order chi connectivity index (χ0) is 15.6. The standard InChI is InChI=1S/C7H8O3.C4H6O2.V/c1-3-6(8)5-10-7(9)4-2;1-2-4(6)3-5;/h3-4H,1-2,5H2;2,5H,1,3H2;/i3T,4T;2T;. The van der Waals surface area contributed by atoms with Crippen LogP contribution in [0.25, 0.3) is 0 Å². The molecule has 6 heteroatoms. The van der Waals surface area contributed by atoms with Crippen LogP contribution in [0, 0.1) is 0 Å².